The van der Waals surface area contributed by atoms with E-state index >= 15 is 0 Å². The minimum atomic E-state index is 0.00841. The summed E-state index contributed by atoms with van der Waals surface area (Å²) in [6.07, 6.45) is 18.5. The first-order valence-electron chi connectivity index (χ1n) is 15.5. The van der Waals surface area contributed by atoms with Crippen LogP contribution in [0.3, 0.4) is 0 Å². The largest absolute Gasteiger partial charge is 0.0991 e. The molecule has 0 nitrogen and oxygen atoms in total. The SMILES string of the molecule is C=C/C=C\C(=C/C)c1ccc2c(C(C)(C)C)c3cc(C4=CCCC=C4)ccc3c(C(C)(C)CC)c2c1.CC.CC. The van der Waals surface area contributed by atoms with Crippen molar-refractivity contribution in [1.29, 1.82) is 0 Å². The minimum Gasteiger partial charge on any atom is -0.0991 e. The van der Waals surface area contributed by atoms with Crippen molar-refractivity contribution in [3.05, 3.63) is 108 Å². The molecule has 0 saturated heterocycles. The number of hydrogen-bond donors (Lipinski definition) is 0. The molecule has 3 aromatic rings. The van der Waals surface area contributed by atoms with Gasteiger partial charge in [0, 0.05) is 0 Å². The third kappa shape index (κ3) is 6.95. The number of benzene rings is 3. The van der Waals surface area contributed by atoms with E-state index in [4.69, 9.17) is 0 Å². The summed E-state index contributed by atoms with van der Waals surface area (Å²) in [7, 11) is 0. The summed E-state index contributed by atoms with van der Waals surface area (Å²) in [6.45, 7) is 28.2. The van der Waals surface area contributed by atoms with Gasteiger partial charge in [0.1, 0.15) is 0 Å². The summed E-state index contributed by atoms with van der Waals surface area (Å²) < 4.78 is 0. The summed E-state index contributed by atoms with van der Waals surface area (Å²) in [4.78, 5) is 0. The van der Waals surface area contributed by atoms with E-state index in [9.17, 15) is 0 Å². The molecule has 0 fully saturated rings. The molecule has 0 heterocycles. The second-order valence-electron chi connectivity index (χ2n) is 11.7. The van der Waals surface area contributed by atoms with Crippen molar-refractivity contribution in [2.75, 3.05) is 0 Å². The van der Waals surface area contributed by atoms with E-state index in [0.717, 1.165) is 19.3 Å². The molecule has 0 radical (unpaired) electrons. The maximum atomic E-state index is 3.86. The molecule has 0 aliphatic heterocycles. The first-order chi connectivity index (χ1) is 19.1. The standard InChI is InChI=1S/C36H42.2C2H6/c1-9-12-16-25(10-2)27-19-21-29-32(23-27)34(36(7,8)11-3)30-22-20-28(26-17-14-13-15-18-26)24-31(30)33(29)35(4,5)6;2*1-2/h9-10,12,14,16-24H,1,11,13,15H2,2-8H3;2*1-2H3/b16-12-,25-10+;;. The molecule has 0 atom stereocenters. The molecule has 4 rings (SSSR count). The molecule has 40 heavy (non-hydrogen) atoms. The summed E-state index contributed by atoms with van der Waals surface area (Å²) in [5, 5.41) is 5.55. The number of allylic oxidation sites excluding steroid dienone is 9. The van der Waals surface area contributed by atoms with Crippen molar-refractivity contribution in [2.45, 2.75) is 106 Å². The normalized spacial score (nSPS) is 14.0. The Kier molecular flexibility index (Phi) is 12.0. The lowest BCUT2D eigenvalue weighted by Gasteiger charge is -2.32. The lowest BCUT2D eigenvalue weighted by atomic mass is 9.72. The molecule has 1 aliphatic carbocycles. The smallest absolute Gasteiger partial charge is 0.00939 e. The van der Waals surface area contributed by atoms with Crippen LogP contribution in [-0.4, -0.2) is 0 Å². The van der Waals surface area contributed by atoms with Crippen LogP contribution in [0, 0.1) is 0 Å². The van der Waals surface area contributed by atoms with Crippen molar-refractivity contribution < 1.29 is 0 Å². The van der Waals surface area contributed by atoms with Gasteiger partial charge in [-0.25, -0.2) is 0 Å². The van der Waals surface area contributed by atoms with Gasteiger partial charge >= 0.3 is 0 Å². The van der Waals surface area contributed by atoms with E-state index < -0.39 is 0 Å². The third-order valence-corrected chi connectivity index (χ3v) is 7.81. The van der Waals surface area contributed by atoms with E-state index in [0.29, 0.717) is 0 Å². The van der Waals surface area contributed by atoms with Crippen LogP contribution in [0.2, 0.25) is 0 Å². The van der Waals surface area contributed by atoms with Crippen LogP contribution in [-0.2, 0) is 10.8 Å². The Morgan fingerprint density at radius 1 is 0.825 bits per heavy atom. The zero-order valence-electron chi connectivity index (χ0n) is 27.3. The summed E-state index contributed by atoms with van der Waals surface area (Å²) in [6, 6.07) is 14.3. The predicted molar refractivity (Wildman–Crippen MR) is 186 cm³/mol. The Morgan fingerprint density at radius 3 is 2.00 bits per heavy atom. The Labute approximate surface area is 246 Å². The highest BCUT2D eigenvalue weighted by atomic mass is 14.3. The topological polar surface area (TPSA) is 0 Å². The molecular weight excluding hydrogens is 480 g/mol. The third-order valence-electron chi connectivity index (χ3n) is 7.81. The van der Waals surface area contributed by atoms with Gasteiger partial charge in [-0.05, 0) is 104 Å². The van der Waals surface area contributed by atoms with Gasteiger partial charge in [0.15, 0.2) is 0 Å². The predicted octanol–water partition coefficient (Wildman–Crippen LogP) is 12.9. The summed E-state index contributed by atoms with van der Waals surface area (Å²) in [5.41, 5.74) is 8.12. The van der Waals surface area contributed by atoms with Gasteiger partial charge in [-0.2, -0.15) is 0 Å². The summed E-state index contributed by atoms with van der Waals surface area (Å²) >= 11 is 0. The zero-order valence-corrected chi connectivity index (χ0v) is 27.3. The lowest BCUT2D eigenvalue weighted by Crippen LogP contribution is -2.20. The second kappa shape index (κ2) is 14.5. The maximum Gasteiger partial charge on any atom is -0.00939 e. The fourth-order valence-corrected chi connectivity index (χ4v) is 5.66. The van der Waals surface area contributed by atoms with Crippen molar-refractivity contribution in [1.82, 2.24) is 0 Å². The van der Waals surface area contributed by atoms with Crippen LogP contribution >= 0.6 is 0 Å². The summed E-state index contributed by atoms with van der Waals surface area (Å²) in [5.74, 6) is 0. The van der Waals surface area contributed by atoms with Gasteiger partial charge in [-0.1, -0.05) is 143 Å². The molecular formula is C40H54. The van der Waals surface area contributed by atoms with Crippen LogP contribution in [0.1, 0.15) is 118 Å². The molecule has 0 bridgehead atoms. The highest BCUT2D eigenvalue weighted by Crippen LogP contribution is 2.46. The van der Waals surface area contributed by atoms with Gasteiger partial charge in [-0.3, -0.25) is 0 Å². The number of hydrogen-bond acceptors (Lipinski definition) is 0. The highest BCUT2D eigenvalue weighted by molar-refractivity contribution is 6.09. The molecule has 0 amide bonds. The van der Waals surface area contributed by atoms with Crippen LogP contribution in [0.15, 0.2) is 85.5 Å². The van der Waals surface area contributed by atoms with E-state index in [2.05, 4.69) is 122 Å². The zero-order chi connectivity index (χ0) is 30.1. The maximum absolute atomic E-state index is 3.86. The van der Waals surface area contributed by atoms with Gasteiger partial charge in [0.2, 0.25) is 0 Å². The number of fused-ring (bicyclic) bond motifs is 2. The van der Waals surface area contributed by atoms with Gasteiger partial charge in [0.05, 0.1) is 0 Å². The fourth-order valence-electron chi connectivity index (χ4n) is 5.66. The Morgan fingerprint density at radius 2 is 1.45 bits per heavy atom. The Bertz CT molecular complexity index is 1420. The number of rotatable bonds is 6. The van der Waals surface area contributed by atoms with E-state index in [1.54, 1.807) is 0 Å². The Hall–Kier alpha value is -3.12. The van der Waals surface area contributed by atoms with Gasteiger partial charge in [0.25, 0.3) is 0 Å². The molecule has 3 aromatic carbocycles. The minimum absolute atomic E-state index is 0.00841. The van der Waals surface area contributed by atoms with Crippen LogP contribution in [0.5, 0.6) is 0 Å². The average Bonchev–Trinajstić information content (AvgIpc) is 2.97. The molecule has 0 aromatic heterocycles. The van der Waals surface area contributed by atoms with E-state index in [1.807, 2.05) is 39.8 Å². The van der Waals surface area contributed by atoms with E-state index in [-0.39, 0.29) is 10.8 Å². The van der Waals surface area contributed by atoms with Crippen molar-refractivity contribution in [2.24, 2.45) is 0 Å². The fraction of sp³-hybridized carbons (Fsp3) is 0.400. The first-order valence-corrected chi connectivity index (χ1v) is 15.5. The monoisotopic (exact) mass is 534 g/mol. The lowest BCUT2D eigenvalue weighted by molar-refractivity contribution is 0.514. The molecule has 214 valence electrons. The van der Waals surface area contributed by atoms with Crippen molar-refractivity contribution in [3.63, 3.8) is 0 Å². The van der Waals surface area contributed by atoms with Gasteiger partial charge in [-0.15, -0.1) is 0 Å². The molecule has 1 aliphatic rings. The van der Waals surface area contributed by atoms with Crippen LogP contribution in [0.4, 0.5) is 0 Å². The van der Waals surface area contributed by atoms with Crippen LogP contribution < -0.4 is 0 Å². The second-order valence-corrected chi connectivity index (χ2v) is 11.7. The van der Waals surface area contributed by atoms with E-state index in [1.165, 1.54) is 54.9 Å². The molecule has 0 N–H and O–H groups in total. The molecule has 0 unspecified atom stereocenters. The quantitative estimate of drug-likeness (QED) is 0.218. The first kappa shape index (κ1) is 33.1. The van der Waals surface area contributed by atoms with Crippen molar-refractivity contribution >= 4 is 32.7 Å². The van der Waals surface area contributed by atoms with Crippen LogP contribution in [0.25, 0.3) is 32.7 Å². The van der Waals surface area contributed by atoms with Gasteiger partial charge < -0.3 is 0 Å². The molecule has 0 heteroatoms. The molecule has 0 spiro atoms. The Balaban J connectivity index is 0.00000134. The van der Waals surface area contributed by atoms with Crippen molar-refractivity contribution in [3.8, 4) is 0 Å². The molecule has 0 saturated carbocycles. The average molecular weight is 535 g/mol. The highest BCUT2D eigenvalue weighted by Gasteiger charge is 2.29.